The standard InChI is InChI=1S/C15H19N3O2/c16-11-2-4-13-10(6-11)7-14(18-13)15(20)17-8-9-1-3-12(19)5-9/h2,4,6-7,9,12,18-19H,1,3,5,8,16H2,(H,17,20). The number of amides is 1. The topological polar surface area (TPSA) is 91.1 Å². The van der Waals surface area contributed by atoms with Crippen LogP contribution in [0, 0.1) is 5.92 Å². The van der Waals surface area contributed by atoms with Crippen LogP contribution >= 0.6 is 0 Å². The second kappa shape index (κ2) is 5.17. The number of rotatable bonds is 3. The molecular formula is C15H19N3O2. The molecule has 0 saturated heterocycles. The van der Waals surface area contributed by atoms with Gasteiger partial charge in [0.05, 0.1) is 6.10 Å². The number of fused-ring (bicyclic) bond motifs is 1. The summed E-state index contributed by atoms with van der Waals surface area (Å²) in [5, 5.41) is 13.3. The molecule has 5 N–H and O–H groups in total. The largest absolute Gasteiger partial charge is 0.399 e. The second-order valence-corrected chi connectivity index (χ2v) is 5.57. The average molecular weight is 273 g/mol. The Morgan fingerprint density at radius 2 is 2.25 bits per heavy atom. The number of aromatic amines is 1. The zero-order chi connectivity index (χ0) is 14.1. The highest BCUT2D eigenvalue weighted by atomic mass is 16.3. The van der Waals surface area contributed by atoms with E-state index in [1.165, 1.54) is 0 Å². The molecule has 106 valence electrons. The second-order valence-electron chi connectivity index (χ2n) is 5.57. The molecular weight excluding hydrogens is 254 g/mol. The zero-order valence-electron chi connectivity index (χ0n) is 11.2. The third-order valence-corrected chi connectivity index (χ3v) is 3.95. The molecule has 5 heteroatoms. The van der Waals surface area contributed by atoms with Gasteiger partial charge in [0.1, 0.15) is 5.69 Å². The number of nitrogens with one attached hydrogen (secondary N) is 2. The van der Waals surface area contributed by atoms with E-state index >= 15 is 0 Å². The number of hydrogen-bond donors (Lipinski definition) is 4. The van der Waals surface area contributed by atoms with Gasteiger partial charge in [-0.1, -0.05) is 0 Å². The van der Waals surface area contributed by atoms with E-state index in [4.69, 9.17) is 5.73 Å². The van der Waals surface area contributed by atoms with Crippen molar-refractivity contribution in [1.82, 2.24) is 10.3 Å². The number of anilines is 1. The SMILES string of the molecule is Nc1ccc2[nH]c(C(=O)NCC3CCC(O)C3)cc2c1. The maximum absolute atomic E-state index is 12.1. The smallest absolute Gasteiger partial charge is 0.267 e. The van der Waals surface area contributed by atoms with Crippen molar-refractivity contribution in [1.29, 1.82) is 0 Å². The lowest BCUT2D eigenvalue weighted by Gasteiger charge is -2.09. The normalized spacial score (nSPS) is 22.2. The summed E-state index contributed by atoms with van der Waals surface area (Å²) in [5.41, 5.74) is 7.86. The van der Waals surface area contributed by atoms with Gasteiger partial charge in [0.2, 0.25) is 0 Å². The number of nitrogen functional groups attached to an aromatic ring is 1. The van der Waals surface area contributed by atoms with E-state index in [0.29, 0.717) is 23.8 Å². The van der Waals surface area contributed by atoms with Crippen LogP contribution < -0.4 is 11.1 Å². The third kappa shape index (κ3) is 2.63. The Labute approximate surface area is 117 Å². The summed E-state index contributed by atoms with van der Waals surface area (Å²) in [6.45, 7) is 0.618. The van der Waals surface area contributed by atoms with E-state index in [1.54, 1.807) is 6.07 Å². The van der Waals surface area contributed by atoms with Crippen molar-refractivity contribution in [2.24, 2.45) is 5.92 Å². The van der Waals surface area contributed by atoms with E-state index in [1.807, 2.05) is 18.2 Å². The summed E-state index contributed by atoms with van der Waals surface area (Å²) in [6.07, 6.45) is 2.40. The van der Waals surface area contributed by atoms with Crippen molar-refractivity contribution in [3.63, 3.8) is 0 Å². The number of hydrogen-bond acceptors (Lipinski definition) is 3. The molecule has 1 saturated carbocycles. The molecule has 3 rings (SSSR count). The van der Waals surface area contributed by atoms with Gasteiger partial charge < -0.3 is 21.1 Å². The summed E-state index contributed by atoms with van der Waals surface area (Å²) < 4.78 is 0. The van der Waals surface area contributed by atoms with Crippen LogP contribution in [-0.2, 0) is 0 Å². The Bertz CT molecular complexity index is 635. The number of carbonyl (C=O) groups excluding carboxylic acids is 1. The molecule has 1 heterocycles. The van der Waals surface area contributed by atoms with Crippen LogP contribution in [0.5, 0.6) is 0 Å². The fraction of sp³-hybridized carbons (Fsp3) is 0.400. The number of nitrogens with two attached hydrogens (primary N) is 1. The molecule has 0 spiro atoms. The van der Waals surface area contributed by atoms with E-state index in [0.717, 1.165) is 30.2 Å². The minimum absolute atomic E-state index is 0.110. The Morgan fingerprint density at radius 3 is 3.00 bits per heavy atom. The van der Waals surface area contributed by atoms with Crippen LogP contribution in [-0.4, -0.2) is 28.6 Å². The molecule has 2 aromatic rings. The lowest BCUT2D eigenvalue weighted by Crippen LogP contribution is -2.28. The van der Waals surface area contributed by atoms with Crippen LogP contribution in [0.1, 0.15) is 29.8 Å². The minimum Gasteiger partial charge on any atom is -0.399 e. The highest BCUT2D eigenvalue weighted by molar-refractivity contribution is 5.98. The first-order valence-electron chi connectivity index (χ1n) is 6.96. The van der Waals surface area contributed by atoms with Crippen LogP contribution in [0.3, 0.4) is 0 Å². The molecule has 1 aliphatic carbocycles. The molecule has 1 aliphatic rings. The number of aromatic nitrogens is 1. The van der Waals surface area contributed by atoms with Crippen molar-refractivity contribution < 1.29 is 9.90 Å². The molecule has 2 unspecified atom stereocenters. The lowest BCUT2D eigenvalue weighted by molar-refractivity contribution is 0.0941. The van der Waals surface area contributed by atoms with E-state index in [2.05, 4.69) is 10.3 Å². The fourth-order valence-electron chi connectivity index (χ4n) is 2.84. The number of aliphatic hydroxyl groups excluding tert-OH is 1. The summed E-state index contributed by atoms with van der Waals surface area (Å²) in [5.74, 6) is 0.273. The van der Waals surface area contributed by atoms with Gasteiger partial charge in [-0.05, 0) is 49.4 Å². The van der Waals surface area contributed by atoms with Gasteiger partial charge in [-0.2, -0.15) is 0 Å². The van der Waals surface area contributed by atoms with Gasteiger partial charge in [-0.3, -0.25) is 4.79 Å². The molecule has 0 bridgehead atoms. The average Bonchev–Trinajstić information content (AvgIpc) is 3.01. The lowest BCUT2D eigenvalue weighted by atomic mass is 10.1. The van der Waals surface area contributed by atoms with Crippen LogP contribution in [0.4, 0.5) is 5.69 Å². The molecule has 5 nitrogen and oxygen atoms in total. The number of carbonyl (C=O) groups is 1. The summed E-state index contributed by atoms with van der Waals surface area (Å²) in [6, 6.07) is 7.33. The monoisotopic (exact) mass is 273 g/mol. The van der Waals surface area contributed by atoms with E-state index in [9.17, 15) is 9.90 Å². The first-order valence-corrected chi connectivity index (χ1v) is 6.96. The maximum atomic E-state index is 12.1. The van der Waals surface area contributed by atoms with Crippen LogP contribution in [0.2, 0.25) is 0 Å². The predicted molar refractivity (Wildman–Crippen MR) is 78.4 cm³/mol. The Balaban J connectivity index is 1.66. The van der Waals surface area contributed by atoms with Crippen molar-refractivity contribution in [3.05, 3.63) is 30.0 Å². The molecule has 0 radical (unpaired) electrons. The number of benzene rings is 1. The summed E-state index contributed by atoms with van der Waals surface area (Å²) in [4.78, 5) is 15.2. The summed E-state index contributed by atoms with van der Waals surface area (Å²) >= 11 is 0. The van der Waals surface area contributed by atoms with E-state index in [-0.39, 0.29) is 12.0 Å². The first-order chi connectivity index (χ1) is 9.61. The van der Waals surface area contributed by atoms with Crippen molar-refractivity contribution in [2.75, 3.05) is 12.3 Å². The summed E-state index contributed by atoms with van der Waals surface area (Å²) in [7, 11) is 0. The van der Waals surface area contributed by atoms with E-state index < -0.39 is 0 Å². The molecule has 1 fully saturated rings. The molecule has 0 aliphatic heterocycles. The van der Waals surface area contributed by atoms with Crippen molar-refractivity contribution in [3.8, 4) is 0 Å². The number of H-pyrrole nitrogens is 1. The van der Waals surface area contributed by atoms with Gasteiger partial charge in [-0.15, -0.1) is 0 Å². The minimum atomic E-state index is -0.201. The van der Waals surface area contributed by atoms with Crippen LogP contribution in [0.25, 0.3) is 10.9 Å². The Hall–Kier alpha value is -2.01. The first kappa shape index (κ1) is 13.0. The molecule has 1 aromatic carbocycles. The molecule has 2 atom stereocenters. The van der Waals surface area contributed by atoms with Gasteiger partial charge in [0.15, 0.2) is 0 Å². The Kier molecular flexibility index (Phi) is 3.36. The molecule has 1 amide bonds. The maximum Gasteiger partial charge on any atom is 0.267 e. The van der Waals surface area contributed by atoms with Crippen molar-refractivity contribution in [2.45, 2.75) is 25.4 Å². The number of aliphatic hydroxyl groups is 1. The molecule has 20 heavy (non-hydrogen) atoms. The van der Waals surface area contributed by atoms with Gasteiger partial charge in [-0.25, -0.2) is 0 Å². The predicted octanol–water partition coefficient (Wildman–Crippen LogP) is 1.64. The third-order valence-electron chi connectivity index (χ3n) is 3.95. The van der Waals surface area contributed by atoms with Crippen molar-refractivity contribution >= 4 is 22.5 Å². The highest BCUT2D eigenvalue weighted by Crippen LogP contribution is 2.24. The van der Waals surface area contributed by atoms with Gasteiger partial charge in [0, 0.05) is 23.1 Å². The van der Waals surface area contributed by atoms with Gasteiger partial charge in [0.25, 0.3) is 5.91 Å². The highest BCUT2D eigenvalue weighted by Gasteiger charge is 2.23. The Morgan fingerprint density at radius 1 is 1.40 bits per heavy atom. The fourth-order valence-corrected chi connectivity index (χ4v) is 2.84. The zero-order valence-corrected chi connectivity index (χ0v) is 11.2. The van der Waals surface area contributed by atoms with Crippen LogP contribution in [0.15, 0.2) is 24.3 Å². The van der Waals surface area contributed by atoms with Gasteiger partial charge >= 0.3 is 0 Å². The molecule has 1 aromatic heterocycles. The quantitative estimate of drug-likeness (QED) is 0.641.